The zero-order valence-corrected chi connectivity index (χ0v) is 15.0. The monoisotopic (exact) mass is 380 g/mol. The van der Waals surface area contributed by atoms with Crippen LogP contribution in [0.1, 0.15) is 17.0 Å². The number of non-ortho nitro benzene ring substituents is 1. The maximum absolute atomic E-state index is 14.4. The molecule has 0 aliphatic carbocycles. The standard InChI is InChI=1S/C20H17FN4O3/c1-14-22-9-10-24(14)19-7-5-16(12-18(19)21)13-23-20(26)8-6-15-3-2-4-17(11-15)25(27)28/h2-12H,13H2,1H3,(H,23,26). The van der Waals surface area contributed by atoms with Crippen LogP contribution in [-0.4, -0.2) is 20.4 Å². The molecule has 0 unspecified atom stereocenters. The molecule has 28 heavy (non-hydrogen) atoms. The third-order valence-corrected chi connectivity index (χ3v) is 4.07. The van der Waals surface area contributed by atoms with Crippen LogP contribution >= 0.6 is 0 Å². The quantitative estimate of drug-likeness (QED) is 0.402. The van der Waals surface area contributed by atoms with Crippen molar-refractivity contribution in [2.45, 2.75) is 13.5 Å². The highest BCUT2D eigenvalue weighted by atomic mass is 19.1. The predicted molar refractivity (Wildman–Crippen MR) is 102 cm³/mol. The molecule has 0 fully saturated rings. The first-order valence-electron chi connectivity index (χ1n) is 8.43. The summed E-state index contributed by atoms with van der Waals surface area (Å²) in [6.07, 6.45) is 6.02. The van der Waals surface area contributed by atoms with E-state index in [-0.39, 0.29) is 18.1 Å². The van der Waals surface area contributed by atoms with Gasteiger partial charge >= 0.3 is 0 Å². The number of carbonyl (C=O) groups excluding carboxylic acids is 1. The molecule has 0 saturated carbocycles. The van der Waals surface area contributed by atoms with Gasteiger partial charge in [0.25, 0.3) is 5.69 Å². The molecule has 1 amide bonds. The molecule has 2 aromatic carbocycles. The van der Waals surface area contributed by atoms with Crippen LogP contribution in [0.3, 0.4) is 0 Å². The number of benzene rings is 2. The number of amides is 1. The summed E-state index contributed by atoms with van der Waals surface area (Å²) in [4.78, 5) is 26.3. The average Bonchev–Trinajstić information content (AvgIpc) is 3.10. The number of imidazole rings is 1. The number of aromatic nitrogens is 2. The molecular formula is C20H17FN4O3. The van der Waals surface area contributed by atoms with Crippen molar-refractivity contribution in [3.63, 3.8) is 0 Å². The Hall–Kier alpha value is -3.81. The minimum Gasteiger partial charge on any atom is -0.348 e. The normalized spacial score (nSPS) is 10.9. The van der Waals surface area contributed by atoms with Gasteiger partial charge in [-0.15, -0.1) is 0 Å². The fourth-order valence-electron chi connectivity index (χ4n) is 2.65. The van der Waals surface area contributed by atoms with Crippen molar-refractivity contribution in [2.75, 3.05) is 0 Å². The Morgan fingerprint density at radius 2 is 2.14 bits per heavy atom. The van der Waals surface area contributed by atoms with Crippen molar-refractivity contribution < 1.29 is 14.1 Å². The molecule has 3 rings (SSSR count). The van der Waals surface area contributed by atoms with Crippen LogP contribution in [0.4, 0.5) is 10.1 Å². The number of halogens is 1. The van der Waals surface area contributed by atoms with Gasteiger partial charge in [0.2, 0.25) is 5.91 Å². The van der Waals surface area contributed by atoms with E-state index >= 15 is 0 Å². The molecule has 0 radical (unpaired) electrons. The summed E-state index contributed by atoms with van der Waals surface area (Å²) in [6, 6.07) is 10.7. The second-order valence-electron chi connectivity index (χ2n) is 6.03. The van der Waals surface area contributed by atoms with E-state index in [1.165, 1.54) is 30.4 Å². The van der Waals surface area contributed by atoms with E-state index in [4.69, 9.17) is 0 Å². The van der Waals surface area contributed by atoms with Gasteiger partial charge in [0.15, 0.2) is 0 Å². The van der Waals surface area contributed by atoms with Gasteiger partial charge in [-0.1, -0.05) is 18.2 Å². The lowest BCUT2D eigenvalue weighted by molar-refractivity contribution is -0.384. The summed E-state index contributed by atoms with van der Waals surface area (Å²) >= 11 is 0. The first-order chi connectivity index (χ1) is 13.4. The number of aryl methyl sites for hydroxylation is 1. The average molecular weight is 380 g/mol. The topological polar surface area (TPSA) is 90.1 Å². The van der Waals surface area contributed by atoms with Gasteiger partial charge in [-0.25, -0.2) is 9.37 Å². The number of carbonyl (C=O) groups is 1. The number of nitro groups is 1. The molecule has 0 spiro atoms. The Kier molecular flexibility index (Phi) is 5.59. The first-order valence-corrected chi connectivity index (χ1v) is 8.43. The van der Waals surface area contributed by atoms with Crippen molar-refractivity contribution in [1.82, 2.24) is 14.9 Å². The molecule has 0 aliphatic heterocycles. The molecule has 1 N–H and O–H groups in total. The van der Waals surface area contributed by atoms with Gasteiger partial charge in [-0.3, -0.25) is 14.9 Å². The largest absolute Gasteiger partial charge is 0.348 e. The van der Waals surface area contributed by atoms with E-state index in [1.54, 1.807) is 48.1 Å². The summed E-state index contributed by atoms with van der Waals surface area (Å²) in [5, 5.41) is 13.4. The summed E-state index contributed by atoms with van der Waals surface area (Å²) in [5.74, 6) is -0.132. The minimum absolute atomic E-state index is 0.0498. The lowest BCUT2D eigenvalue weighted by Gasteiger charge is -2.09. The summed E-state index contributed by atoms with van der Waals surface area (Å²) in [7, 11) is 0. The fraction of sp³-hybridized carbons (Fsp3) is 0.100. The van der Waals surface area contributed by atoms with Gasteiger partial charge in [-0.2, -0.15) is 0 Å². The van der Waals surface area contributed by atoms with Crippen LogP contribution in [0.15, 0.2) is 60.9 Å². The maximum Gasteiger partial charge on any atom is 0.270 e. The molecule has 0 saturated heterocycles. The van der Waals surface area contributed by atoms with Gasteiger partial charge in [0.1, 0.15) is 11.6 Å². The molecular weight excluding hydrogens is 363 g/mol. The Morgan fingerprint density at radius 3 is 2.82 bits per heavy atom. The molecule has 0 atom stereocenters. The highest BCUT2D eigenvalue weighted by molar-refractivity contribution is 5.91. The summed E-state index contributed by atoms with van der Waals surface area (Å²) < 4.78 is 16.0. The summed E-state index contributed by atoms with van der Waals surface area (Å²) in [6.45, 7) is 1.93. The van der Waals surface area contributed by atoms with E-state index < -0.39 is 10.7 Å². The lowest BCUT2D eigenvalue weighted by Crippen LogP contribution is -2.20. The predicted octanol–water partition coefficient (Wildman–Crippen LogP) is 3.56. The van der Waals surface area contributed by atoms with E-state index in [9.17, 15) is 19.3 Å². The van der Waals surface area contributed by atoms with E-state index in [0.717, 1.165) is 0 Å². The highest BCUT2D eigenvalue weighted by Gasteiger charge is 2.08. The number of rotatable bonds is 6. The third-order valence-electron chi connectivity index (χ3n) is 4.07. The summed E-state index contributed by atoms with van der Waals surface area (Å²) in [5.41, 5.74) is 1.48. The zero-order chi connectivity index (χ0) is 20.1. The van der Waals surface area contributed by atoms with Crippen LogP contribution in [0.25, 0.3) is 11.8 Å². The molecule has 7 nitrogen and oxygen atoms in total. The van der Waals surface area contributed by atoms with Crippen LogP contribution in [-0.2, 0) is 11.3 Å². The SMILES string of the molecule is Cc1nccn1-c1ccc(CNC(=O)C=Cc2cccc([N+](=O)[O-])c2)cc1F. The third kappa shape index (κ3) is 4.47. The number of nitrogens with one attached hydrogen (secondary N) is 1. The zero-order valence-electron chi connectivity index (χ0n) is 15.0. The van der Waals surface area contributed by atoms with Gasteiger partial charge in [0, 0.05) is 37.1 Å². The lowest BCUT2D eigenvalue weighted by atomic mass is 10.1. The van der Waals surface area contributed by atoms with Crippen LogP contribution < -0.4 is 5.32 Å². The van der Waals surface area contributed by atoms with E-state index in [0.29, 0.717) is 22.6 Å². The van der Waals surface area contributed by atoms with Crippen LogP contribution in [0, 0.1) is 22.9 Å². The Morgan fingerprint density at radius 1 is 1.32 bits per heavy atom. The smallest absolute Gasteiger partial charge is 0.270 e. The minimum atomic E-state index is -0.499. The Labute approximate surface area is 160 Å². The molecule has 8 heteroatoms. The Balaban J connectivity index is 1.62. The van der Waals surface area contributed by atoms with Crippen molar-refractivity contribution in [3.05, 3.63) is 93.8 Å². The number of hydrogen-bond acceptors (Lipinski definition) is 4. The second-order valence-corrected chi connectivity index (χ2v) is 6.03. The molecule has 0 aliphatic rings. The van der Waals surface area contributed by atoms with E-state index in [1.807, 2.05) is 0 Å². The molecule has 0 bridgehead atoms. The van der Waals surface area contributed by atoms with E-state index in [2.05, 4.69) is 10.3 Å². The first kappa shape index (κ1) is 19.0. The van der Waals surface area contributed by atoms with Crippen molar-refractivity contribution in [1.29, 1.82) is 0 Å². The van der Waals surface area contributed by atoms with Crippen molar-refractivity contribution in [2.24, 2.45) is 0 Å². The van der Waals surface area contributed by atoms with Gasteiger partial charge < -0.3 is 9.88 Å². The van der Waals surface area contributed by atoms with Crippen molar-refractivity contribution in [3.8, 4) is 5.69 Å². The number of hydrogen-bond donors (Lipinski definition) is 1. The number of nitrogens with zero attached hydrogens (tertiary/aromatic N) is 3. The number of nitro benzene ring substituents is 1. The molecule has 1 heterocycles. The van der Waals surface area contributed by atoms with Gasteiger partial charge in [0.05, 0.1) is 10.6 Å². The highest BCUT2D eigenvalue weighted by Crippen LogP contribution is 2.17. The molecule has 1 aromatic heterocycles. The Bertz CT molecular complexity index is 1060. The van der Waals surface area contributed by atoms with Crippen LogP contribution in [0.2, 0.25) is 0 Å². The van der Waals surface area contributed by atoms with Gasteiger partial charge in [-0.05, 0) is 36.3 Å². The molecule has 142 valence electrons. The van der Waals surface area contributed by atoms with Crippen molar-refractivity contribution >= 4 is 17.7 Å². The maximum atomic E-state index is 14.4. The molecule has 3 aromatic rings. The fourth-order valence-corrected chi connectivity index (χ4v) is 2.65. The van der Waals surface area contributed by atoms with Crippen LogP contribution in [0.5, 0.6) is 0 Å². The second kappa shape index (κ2) is 8.26.